The molecule has 1 aromatic heterocycles. The molecule has 2 aromatic rings. The summed E-state index contributed by atoms with van der Waals surface area (Å²) in [5.74, 6) is -0.0942. The largest absolute Gasteiger partial charge is 0.345 e. The highest BCUT2D eigenvalue weighted by molar-refractivity contribution is 5.94. The normalized spacial score (nSPS) is 11.9. The summed E-state index contributed by atoms with van der Waals surface area (Å²) in [6.45, 7) is 4.16. The van der Waals surface area contributed by atoms with Gasteiger partial charge in [0.2, 0.25) is 0 Å². The predicted molar refractivity (Wildman–Crippen MR) is 80.6 cm³/mol. The molecule has 0 saturated carbocycles. The zero-order valence-corrected chi connectivity index (χ0v) is 12.0. The predicted octanol–water partition coefficient (Wildman–Crippen LogP) is 3.53. The Bertz CT molecular complexity index is 549. The van der Waals surface area contributed by atoms with E-state index >= 15 is 0 Å². The second kappa shape index (κ2) is 6.85. The Kier molecular flexibility index (Phi) is 4.88. The van der Waals surface area contributed by atoms with Gasteiger partial charge in [0.15, 0.2) is 0 Å². The lowest BCUT2D eigenvalue weighted by Crippen LogP contribution is -2.26. The molecule has 1 amide bonds. The van der Waals surface area contributed by atoms with Crippen molar-refractivity contribution in [1.29, 1.82) is 0 Å². The monoisotopic (exact) mass is 268 g/mol. The minimum Gasteiger partial charge on any atom is -0.345 e. The van der Waals surface area contributed by atoms with Crippen LogP contribution in [0, 0.1) is 0 Å². The summed E-state index contributed by atoms with van der Waals surface area (Å²) in [4.78, 5) is 16.0. The molecule has 1 aromatic carbocycles. The van der Waals surface area contributed by atoms with Crippen molar-refractivity contribution in [2.45, 2.75) is 32.7 Å². The summed E-state index contributed by atoms with van der Waals surface area (Å²) in [7, 11) is 0. The molecule has 104 valence electrons. The smallest absolute Gasteiger partial charge is 0.253 e. The third-order valence-electron chi connectivity index (χ3n) is 3.29. The van der Waals surface area contributed by atoms with Gasteiger partial charge in [-0.3, -0.25) is 9.78 Å². The van der Waals surface area contributed by atoms with Crippen LogP contribution in [0.4, 0.5) is 0 Å². The van der Waals surface area contributed by atoms with Crippen LogP contribution < -0.4 is 5.32 Å². The molecule has 0 aliphatic heterocycles. The molecule has 3 heteroatoms. The topological polar surface area (TPSA) is 42.0 Å². The Balaban J connectivity index is 2.01. The van der Waals surface area contributed by atoms with Crippen LogP contribution in [0.25, 0.3) is 0 Å². The van der Waals surface area contributed by atoms with Crippen LogP contribution in [0.2, 0.25) is 0 Å². The first-order valence-corrected chi connectivity index (χ1v) is 7.00. The number of carbonyl (C=O) groups is 1. The molecule has 3 nitrogen and oxygen atoms in total. The first kappa shape index (κ1) is 14.3. The highest BCUT2D eigenvalue weighted by Crippen LogP contribution is 2.15. The van der Waals surface area contributed by atoms with Gasteiger partial charge in [-0.15, -0.1) is 0 Å². The highest BCUT2D eigenvalue weighted by atomic mass is 16.1. The Hall–Kier alpha value is -2.16. The van der Waals surface area contributed by atoms with Gasteiger partial charge in [0.25, 0.3) is 5.91 Å². The van der Waals surface area contributed by atoms with Crippen molar-refractivity contribution >= 4 is 5.91 Å². The van der Waals surface area contributed by atoms with Gasteiger partial charge in [-0.1, -0.05) is 37.6 Å². The second-order valence-corrected chi connectivity index (χ2v) is 4.93. The van der Waals surface area contributed by atoms with Gasteiger partial charge >= 0.3 is 0 Å². The molecular formula is C17H20N2O. The summed E-state index contributed by atoms with van der Waals surface area (Å²) in [5, 5.41) is 2.98. The Labute approximate surface area is 120 Å². The number of aromatic nitrogens is 1. The molecule has 1 heterocycles. The fourth-order valence-corrected chi connectivity index (χ4v) is 2.12. The number of pyridine rings is 1. The van der Waals surface area contributed by atoms with Crippen LogP contribution in [-0.4, -0.2) is 10.9 Å². The molecule has 0 fully saturated rings. The van der Waals surface area contributed by atoms with Crippen molar-refractivity contribution in [3.05, 3.63) is 65.5 Å². The lowest BCUT2D eigenvalue weighted by Gasteiger charge is -2.14. The van der Waals surface area contributed by atoms with E-state index in [1.54, 1.807) is 24.5 Å². The van der Waals surface area contributed by atoms with Gasteiger partial charge in [-0.2, -0.15) is 0 Å². The molecule has 1 atom stereocenters. The Morgan fingerprint density at radius 3 is 2.60 bits per heavy atom. The van der Waals surface area contributed by atoms with Crippen LogP contribution >= 0.6 is 0 Å². The van der Waals surface area contributed by atoms with Gasteiger partial charge in [0.1, 0.15) is 0 Å². The van der Waals surface area contributed by atoms with Gasteiger partial charge in [0, 0.05) is 12.4 Å². The van der Waals surface area contributed by atoms with Crippen molar-refractivity contribution < 1.29 is 4.79 Å². The maximum Gasteiger partial charge on any atom is 0.253 e. The van der Waals surface area contributed by atoms with E-state index in [0.29, 0.717) is 5.56 Å². The third kappa shape index (κ3) is 3.67. The number of nitrogens with zero attached hydrogens (tertiary/aromatic N) is 1. The van der Waals surface area contributed by atoms with E-state index < -0.39 is 0 Å². The molecule has 0 bridgehead atoms. The van der Waals surface area contributed by atoms with Crippen molar-refractivity contribution in [2.24, 2.45) is 0 Å². The number of nitrogens with one attached hydrogen (secondary N) is 1. The van der Waals surface area contributed by atoms with Crippen molar-refractivity contribution in [2.75, 3.05) is 0 Å². The average Bonchev–Trinajstić information content (AvgIpc) is 2.49. The molecule has 0 aliphatic carbocycles. The molecule has 0 aliphatic rings. The summed E-state index contributed by atoms with van der Waals surface area (Å²) in [6.07, 6.45) is 5.47. The van der Waals surface area contributed by atoms with E-state index in [4.69, 9.17) is 0 Å². The van der Waals surface area contributed by atoms with Crippen LogP contribution in [0.3, 0.4) is 0 Å². The van der Waals surface area contributed by atoms with Gasteiger partial charge in [-0.25, -0.2) is 0 Å². The molecule has 1 N–H and O–H groups in total. The van der Waals surface area contributed by atoms with E-state index in [1.807, 2.05) is 6.92 Å². The van der Waals surface area contributed by atoms with Gasteiger partial charge < -0.3 is 5.32 Å². The molecule has 0 spiro atoms. The molecule has 0 unspecified atom stereocenters. The lowest BCUT2D eigenvalue weighted by atomic mass is 10.0. The van der Waals surface area contributed by atoms with Gasteiger partial charge in [-0.05, 0) is 36.6 Å². The summed E-state index contributed by atoms with van der Waals surface area (Å²) in [5.41, 5.74) is 3.03. The van der Waals surface area contributed by atoms with E-state index in [0.717, 1.165) is 18.4 Å². The van der Waals surface area contributed by atoms with E-state index in [2.05, 4.69) is 41.5 Å². The minimum absolute atomic E-state index is 0.0154. The number of amides is 1. The maximum absolute atomic E-state index is 12.0. The summed E-state index contributed by atoms with van der Waals surface area (Å²) in [6, 6.07) is 11.9. The SMILES string of the molecule is CCCc1ccc([C@@H](C)NC(=O)c2cccnc2)cc1. The van der Waals surface area contributed by atoms with Gasteiger partial charge in [0.05, 0.1) is 11.6 Å². The number of aryl methyl sites for hydroxylation is 1. The number of benzene rings is 1. The van der Waals surface area contributed by atoms with Crippen LogP contribution in [0.1, 0.15) is 47.8 Å². The number of rotatable bonds is 5. The standard InChI is InChI=1S/C17H20N2O/c1-3-5-14-7-9-15(10-8-14)13(2)19-17(20)16-6-4-11-18-12-16/h4,6-13H,3,5H2,1-2H3,(H,19,20)/t13-/m1/s1. The van der Waals surface area contributed by atoms with Crippen LogP contribution in [-0.2, 0) is 6.42 Å². The highest BCUT2D eigenvalue weighted by Gasteiger charge is 2.11. The quantitative estimate of drug-likeness (QED) is 0.901. The zero-order valence-electron chi connectivity index (χ0n) is 12.0. The first-order valence-electron chi connectivity index (χ1n) is 7.00. The Morgan fingerprint density at radius 2 is 2.00 bits per heavy atom. The molecule has 0 radical (unpaired) electrons. The minimum atomic E-state index is -0.0942. The van der Waals surface area contributed by atoms with E-state index in [9.17, 15) is 4.79 Å². The average molecular weight is 268 g/mol. The molecular weight excluding hydrogens is 248 g/mol. The lowest BCUT2D eigenvalue weighted by molar-refractivity contribution is 0.0939. The number of carbonyl (C=O) groups excluding carboxylic acids is 1. The second-order valence-electron chi connectivity index (χ2n) is 4.93. The Morgan fingerprint density at radius 1 is 1.25 bits per heavy atom. The van der Waals surface area contributed by atoms with E-state index in [1.165, 1.54) is 5.56 Å². The van der Waals surface area contributed by atoms with Crippen molar-refractivity contribution in [1.82, 2.24) is 10.3 Å². The summed E-state index contributed by atoms with van der Waals surface area (Å²) >= 11 is 0. The first-order chi connectivity index (χ1) is 9.70. The molecule has 0 saturated heterocycles. The fourth-order valence-electron chi connectivity index (χ4n) is 2.12. The number of hydrogen-bond acceptors (Lipinski definition) is 2. The third-order valence-corrected chi connectivity index (χ3v) is 3.29. The van der Waals surface area contributed by atoms with Crippen molar-refractivity contribution in [3.63, 3.8) is 0 Å². The molecule has 20 heavy (non-hydrogen) atoms. The number of hydrogen-bond donors (Lipinski definition) is 1. The van der Waals surface area contributed by atoms with Crippen LogP contribution in [0.15, 0.2) is 48.8 Å². The maximum atomic E-state index is 12.0. The van der Waals surface area contributed by atoms with Crippen LogP contribution in [0.5, 0.6) is 0 Å². The fraction of sp³-hybridized carbons (Fsp3) is 0.294. The van der Waals surface area contributed by atoms with E-state index in [-0.39, 0.29) is 11.9 Å². The van der Waals surface area contributed by atoms with Crippen molar-refractivity contribution in [3.8, 4) is 0 Å². The molecule has 2 rings (SSSR count). The summed E-state index contributed by atoms with van der Waals surface area (Å²) < 4.78 is 0. The zero-order chi connectivity index (χ0) is 14.4.